The fourth-order valence-electron chi connectivity index (χ4n) is 4.17. The van der Waals surface area contributed by atoms with Crippen LogP contribution in [0.1, 0.15) is 37.7 Å². The summed E-state index contributed by atoms with van der Waals surface area (Å²) in [6.07, 6.45) is 7.56. The minimum absolute atomic E-state index is 0.204. The largest absolute Gasteiger partial charge is 0.462 e. The topological polar surface area (TPSA) is 67.4 Å². The van der Waals surface area contributed by atoms with E-state index in [2.05, 4.69) is 15.1 Å². The number of hydrogen-bond acceptors (Lipinski definition) is 5. The molecule has 1 aromatic carbocycles. The summed E-state index contributed by atoms with van der Waals surface area (Å²) in [7, 11) is 0. The number of likely N-dealkylation sites (tertiary alicyclic amines) is 1. The first-order valence-electron chi connectivity index (χ1n) is 9.46. The van der Waals surface area contributed by atoms with E-state index in [9.17, 15) is 4.79 Å². The maximum atomic E-state index is 11.5. The number of nitrogens with zero attached hydrogens (tertiary/aromatic N) is 2. The second kappa shape index (κ2) is 6.21. The molecule has 26 heavy (non-hydrogen) atoms. The minimum Gasteiger partial charge on any atom is -0.462 e. The molecule has 2 aromatic rings. The highest BCUT2D eigenvalue weighted by Crippen LogP contribution is 2.40. The van der Waals surface area contributed by atoms with Gasteiger partial charge in [0.15, 0.2) is 0 Å². The normalized spacial score (nSPS) is 22.5. The SMILES string of the molecule is O=c1cc(-c2ccc3c(c2)COC2(CCN(C4CCC4)CC2)O3)cn[nH]1. The first-order chi connectivity index (χ1) is 12.7. The zero-order valence-corrected chi connectivity index (χ0v) is 14.7. The molecule has 1 aliphatic carbocycles. The van der Waals surface area contributed by atoms with Crippen molar-refractivity contribution in [3.05, 3.63) is 46.4 Å². The van der Waals surface area contributed by atoms with Gasteiger partial charge < -0.3 is 9.47 Å². The minimum atomic E-state index is -0.472. The molecule has 0 amide bonds. The third kappa shape index (κ3) is 2.83. The van der Waals surface area contributed by atoms with Crippen molar-refractivity contribution in [2.45, 2.75) is 50.5 Å². The average molecular weight is 353 g/mol. The van der Waals surface area contributed by atoms with Crippen LogP contribution in [0, 0.1) is 0 Å². The summed E-state index contributed by atoms with van der Waals surface area (Å²) < 4.78 is 12.5. The summed E-state index contributed by atoms with van der Waals surface area (Å²) in [4.78, 5) is 14.1. The van der Waals surface area contributed by atoms with Gasteiger partial charge in [0.05, 0.1) is 12.8 Å². The van der Waals surface area contributed by atoms with E-state index >= 15 is 0 Å². The van der Waals surface area contributed by atoms with E-state index in [0.29, 0.717) is 6.61 Å². The molecule has 3 heterocycles. The lowest BCUT2D eigenvalue weighted by Gasteiger charge is -2.47. The van der Waals surface area contributed by atoms with E-state index < -0.39 is 5.79 Å². The molecule has 2 fully saturated rings. The Labute approximate surface area is 152 Å². The van der Waals surface area contributed by atoms with Crippen LogP contribution in [0.25, 0.3) is 11.1 Å². The molecular formula is C20H23N3O3. The zero-order valence-electron chi connectivity index (χ0n) is 14.7. The molecule has 6 heteroatoms. The van der Waals surface area contributed by atoms with Crippen LogP contribution in [0.15, 0.2) is 35.3 Å². The van der Waals surface area contributed by atoms with Gasteiger partial charge in [-0.25, -0.2) is 5.10 Å². The second-order valence-electron chi connectivity index (χ2n) is 7.58. The van der Waals surface area contributed by atoms with E-state index in [-0.39, 0.29) is 5.56 Å². The highest BCUT2D eigenvalue weighted by molar-refractivity contribution is 5.64. The van der Waals surface area contributed by atoms with Gasteiger partial charge in [-0.3, -0.25) is 9.69 Å². The lowest BCUT2D eigenvalue weighted by Crippen LogP contribution is -2.54. The standard InChI is InChI=1S/C20H23N3O3/c24-19-11-15(12-21-22-19)14-4-5-18-16(10-14)13-25-20(26-18)6-8-23(9-7-20)17-2-1-3-17/h4-5,10-12,17H,1-3,6-9,13H2,(H,22,24). The summed E-state index contributed by atoms with van der Waals surface area (Å²) in [6.45, 7) is 2.65. The molecule has 1 spiro atoms. The van der Waals surface area contributed by atoms with Crippen LogP contribution in [0.2, 0.25) is 0 Å². The Hall–Kier alpha value is -2.18. The highest BCUT2D eigenvalue weighted by Gasteiger charge is 2.42. The Morgan fingerprint density at radius 1 is 1.15 bits per heavy atom. The Balaban J connectivity index is 1.33. The van der Waals surface area contributed by atoms with Crippen LogP contribution < -0.4 is 10.3 Å². The van der Waals surface area contributed by atoms with Crippen molar-refractivity contribution in [2.24, 2.45) is 0 Å². The maximum absolute atomic E-state index is 11.5. The summed E-state index contributed by atoms with van der Waals surface area (Å²) >= 11 is 0. The predicted molar refractivity (Wildman–Crippen MR) is 96.9 cm³/mol. The fraction of sp³-hybridized carbons (Fsp3) is 0.500. The van der Waals surface area contributed by atoms with Gasteiger partial charge in [0.25, 0.3) is 5.56 Å². The molecule has 1 saturated carbocycles. The van der Waals surface area contributed by atoms with Crippen molar-refractivity contribution < 1.29 is 9.47 Å². The first kappa shape index (κ1) is 16.0. The third-order valence-corrected chi connectivity index (χ3v) is 6.00. The van der Waals surface area contributed by atoms with E-state index in [1.807, 2.05) is 18.2 Å². The summed E-state index contributed by atoms with van der Waals surface area (Å²) in [6, 6.07) is 8.35. The van der Waals surface area contributed by atoms with Crippen molar-refractivity contribution in [3.8, 4) is 16.9 Å². The Bertz CT molecular complexity index is 867. The number of fused-ring (bicyclic) bond motifs is 1. The first-order valence-corrected chi connectivity index (χ1v) is 9.46. The highest BCUT2D eigenvalue weighted by atomic mass is 16.7. The van der Waals surface area contributed by atoms with Crippen molar-refractivity contribution in [2.75, 3.05) is 13.1 Å². The Morgan fingerprint density at radius 3 is 2.73 bits per heavy atom. The number of aromatic nitrogens is 2. The zero-order chi connectivity index (χ0) is 17.6. The quantitative estimate of drug-likeness (QED) is 0.899. The fourth-order valence-corrected chi connectivity index (χ4v) is 4.17. The van der Waals surface area contributed by atoms with Crippen LogP contribution in [-0.2, 0) is 11.3 Å². The molecule has 136 valence electrons. The van der Waals surface area contributed by atoms with E-state index in [1.54, 1.807) is 12.3 Å². The Morgan fingerprint density at radius 2 is 2.00 bits per heavy atom. The lowest BCUT2D eigenvalue weighted by atomic mass is 9.89. The third-order valence-electron chi connectivity index (χ3n) is 6.00. The Kier molecular flexibility index (Phi) is 3.83. The summed E-state index contributed by atoms with van der Waals surface area (Å²) in [5.41, 5.74) is 2.57. The molecule has 1 N–H and O–H groups in total. The molecule has 0 bridgehead atoms. The molecule has 0 atom stereocenters. The van der Waals surface area contributed by atoms with E-state index in [1.165, 1.54) is 19.3 Å². The maximum Gasteiger partial charge on any atom is 0.264 e. The van der Waals surface area contributed by atoms with Crippen molar-refractivity contribution in [1.82, 2.24) is 15.1 Å². The van der Waals surface area contributed by atoms with Crippen molar-refractivity contribution in [3.63, 3.8) is 0 Å². The average Bonchev–Trinajstić information content (AvgIpc) is 2.62. The van der Waals surface area contributed by atoms with Gasteiger partial charge in [-0.1, -0.05) is 12.5 Å². The smallest absolute Gasteiger partial charge is 0.264 e. The van der Waals surface area contributed by atoms with Gasteiger partial charge in [0.1, 0.15) is 5.75 Å². The number of nitrogens with one attached hydrogen (secondary N) is 1. The van der Waals surface area contributed by atoms with Crippen molar-refractivity contribution in [1.29, 1.82) is 0 Å². The van der Waals surface area contributed by atoms with E-state index in [0.717, 1.165) is 54.4 Å². The van der Waals surface area contributed by atoms with Gasteiger partial charge in [-0.05, 0) is 30.5 Å². The second-order valence-corrected chi connectivity index (χ2v) is 7.58. The molecule has 5 rings (SSSR count). The number of piperidine rings is 1. The molecule has 1 saturated heterocycles. The molecule has 0 radical (unpaired) electrons. The number of rotatable bonds is 2. The number of H-pyrrole nitrogens is 1. The summed E-state index contributed by atoms with van der Waals surface area (Å²) in [5, 5.41) is 6.27. The molecule has 0 unspecified atom stereocenters. The molecular weight excluding hydrogens is 330 g/mol. The van der Waals surface area contributed by atoms with Crippen LogP contribution >= 0.6 is 0 Å². The van der Waals surface area contributed by atoms with Gasteiger partial charge in [-0.2, -0.15) is 5.10 Å². The summed E-state index contributed by atoms with van der Waals surface area (Å²) in [5.74, 6) is 0.426. The number of hydrogen-bond donors (Lipinski definition) is 1. The molecule has 1 aromatic heterocycles. The monoisotopic (exact) mass is 353 g/mol. The lowest BCUT2D eigenvalue weighted by molar-refractivity contribution is -0.231. The molecule has 6 nitrogen and oxygen atoms in total. The van der Waals surface area contributed by atoms with Crippen LogP contribution in [0.3, 0.4) is 0 Å². The molecule has 2 aliphatic heterocycles. The van der Waals surface area contributed by atoms with Gasteiger partial charge in [0.2, 0.25) is 5.79 Å². The van der Waals surface area contributed by atoms with Crippen LogP contribution in [0.5, 0.6) is 5.75 Å². The number of benzene rings is 1. The van der Waals surface area contributed by atoms with Gasteiger partial charge in [0, 0.05) is 49.2 Å². The van der Waals surface area contributed by atoms with Crippen LogP contribution in [-0.4, -0.2) is 40.0 Å². The van der Waals surface area contributed by atoms with E-state index in [4.69, 9.17) is 9.47 Å². The van der Waals surface area contributed by atoms with Gasteiger partial charge in [-0.15, -0.1) is 0 Å². The predicted octanol–water partition coefficient (Wildman–Crippen LogP) is 2.69. The number of ether oxygens (including phenoxy) is 2. The van der Waals surface area contributed by atoms with Crippen LogP contribution in [0.4, 0.5) is 0 Å². The number of aromatic amines is 1. The molecule has 3 aliphatic rings. The van der Waals surface area contributed by atoms with Crippen molar-refractivity contribution >= 4 is 0 Å². The van der Waals surface area contributed by atoms with Gasteiger partial charge >= 0.3 is 0 Å².